The van der Waals surface area contributed by atoms with Crippen LogP contribution < -0.4 is 15.1 Å². The van der Waals surface area contributed by atoms with Crippen LogP contribution in [0.1, 0.15) is 32.2 Å². The van der Waals surface area contributed by atoms with Crippen LogP contribution in [-0.2, 0) is 4.79 Å². The van der Waals surface area contributed by atoms with Crippen LogP contribution in [0.5, 0.6) is 5.75 Å². The minimum absolute atomic E-state index is 0.00185. The van der Waals surface area contributed by atoms with E-state index in [4.69, 9.17) is 5.11 Å². The number of hydrogen-bond donors (Lipinski definition) is 1. The molecule has 2 aromatic rings. The smallest absolute Gasteiger partial charge is 0.449 e. The molecule has 1 saturated heterocycles. The second-order valence-corrected chi connectivity index (χ2v) is 7.77. The predicted octanol–water partition coefficient (Wildman–Crippen LogP) is 2.03. The Morgan fingerprint density at radius 3 is 2.57 bits per heavy atom. The van der Waals surface area contributed by atoms with Crippen molar-refractivity contribution >= 4 is 28.8 Å². The van der Waals surface area contributed by atoms with Crippen molar-refractivity contribution in [2.45, 2.75) is 32.2 Å². The van der Waals surface area contributed by atoms with Crippen molar-refractivity contribution in [1.29, 1.82) is 0 Å². The standard InChI is InChI=1S/C20H23FN4O5/c1-12(26)4-5-23-6-8-24(9-7-23)19-15(21)10-14-17(27)16(30-20(28)29)11-25(13-2-3-13)18(14)22-19/h10-11,13H,2-9H2,1H3,(H,28,29). The van der Waals surface area contributed by atoms with Gasteiger partial charge >= 0.3 is 6.16 Å². The Balaban J connectivity index is 1.65. The van der Waals surface area contributed by atoms with E-state index in [0.717, 1.165) is 18.9 Å². The molecule has 2 aliphatic rings. The van der Waals surface area contributed by atoms with E-state index < -0.39 is 17.4 Å². The maximum Gasteiger partial charge on any atom is 0.511 e. The van der Waals surface area contributed by atoms with Crippen LogP contribution in [0, 0.1) is 5.82 Å². The highest BCUT2D eigenvalue weighted by Gasteiger charge is 2.29. The average Bonchev–Trinajstić information content (AvgIpc) is 3.54. The number of ketones is 1. The number of carbonyl (C=O) groups is 2. The Hall–Kier alpha value is -3.01. The van der Waals surface area contributed by atoms with Gasteiger partial charge in [-0.3, -0.25) is 14.5 Å². The highest BCUT2D eigenvalue weighted by atomic mass is 19.1. The number of aromatic nitrogens is 2. The van der Waals surface area contributed by atoms with E-state index in [1.54, 1.807) is 11.5 Å². The number of fused-ring (bicyclic) bond motifs is 1. The van der Waals surface area contributed by atoms with E-state index in [2.05, 4.69) is 14.6 Å². The Bertz CT molecular complexity index is 1060. The van der Waals surface area contributed by atoms with Crippen molar-refractivity contribution in [3.63, 3.8) is 0 Å². The normalized spacial score (nSPS) is 17.3. The lowest BCUT2D eigenvalue weighted by Gasteiger charge is -2.35. The third kappa shape index (κ3) is 4.13. The minimum atomic E-state index is -1.60. The van der Waals surface area contributed by atoms with Crippen LogP contribution in [-0.4, -0.2) is 64.2 Å². The fourth-order valence-corrected chi connectivity index (χ4v) is 3.73. The first kappa shape index (κ1) is 20.3. The molecule has 3 heterocycles. The van der Waals surface area contributed by atoms with Gasteiger partial charge in [0.2, 0.25) is 5.43 Å². The summed E-state index contributed by atoms with van der Waals surface area (Å²) in [6.45, 7) is 4.74. The summed E-state index contributed by atoms with van der Waals surface area (Å²) in [7, 11) is 0. The van der Waals surface area contributed by atoms with Gasteiger partial charge < -0.3 is 19.3 Å². The van der Waals surface area contributed by atoms with Crippen molar-refractivity contribution in [3.05, 3.63) is 28.3 Å². The highest BCUT2D eigenvalue weighted by Crippen LogP contribution is 2.38. The van der Waals surface area contributed by atoms with Crippen molar-refractivity contribution in [2.75, 3.05) is 37.6 Å². The lowest BCUT2D eigenvalue weighted by atomic mass is 10.2. The van der Waals surface area contributed by atoms with Crippen LogP contribution in [0.2, 0.25) is 0 Å². The van der Waals surface area contributed by atoms with Gasteiger partial charge in [0.25, 0.3) is 0 Å². The first-order valence-corrected chi connectivity index (χ1v) is 9.96. The fraction of sp³-hybridized carbons (Fsp3) is 0.500. The molecule has 0 radical (unpaired) electrons. The molecule has 1 aliphatic carbocycles. The number of anilines is 1. The summed E-state index contributed by atoms with van der Waals surface area (Å²) in [5, 5.41) is 8.88. The van der Waals surface area contributed by atoms with E-state index in [-0.39, 0.29) is 28.8 Å². The zero-order chi connectivity index (χ0) is 21.4. The molecule has 4 rings (SSSR count). The first-order valence-electron chi connectivity index (χ1n) is 9.96. The number of carboxylic acid groups (broad SMARTS) is 1. The summed E-state index contributed by atoms with van der Waals surface area (Å²) in [4.78, 5) is 43.2. The molecule has 160 valence electrons. The van der Waals surface area contributed by atoms with E-state index in [1.807, 2.05) is 4.90 Å². The number of ether oxygens (including phenoxy) is 1. The first-order chi connectivity index (χ1) is 14.3. The molecule has 1 N–H and O–H groups in total. The number of pyridine rings is 2. The predicted molar refractivity (Wildman–Crippen MR) is 107 cm³/mol. The molecule has 2 fully saturated rings. The van der Waals surface area contributed by atoms with Gasteiger partial charge in [-0.2, -0.15) is 0 Å². The summed E-state index contributed by atoms with van der Waals surface area (Å²) in [5.41, 5.74) is -0.369. The lowest BCUT2D eigenvalue weighted by Crippen LogP contribution is -2.47. The fourth-order valence-electron chi connectivity index (χ4n) is 3.73. The van der Waals surface area contributed by atoms with Crippen molar-refractivity contribution in [2.24, 2.45) is 0 Å². The molecular formula is C20H23FN4O5. The molecular weight excluding hydrogens is 395 g/mol. The Morgan fingerprint density at radius 2 is 1.97 bits per heavy atom. The summed E-state index contributed by atoms with van der Waals surface area (Å²) in [6.07, 6.45) is 1.99. The average molecular weight is 418 g/mol. The quantitative estimate of drug-likeness (QED) is 0.711. The molecule has 0 atom stereocenters. The van der Waals surface area contributed by atoms with Gasteiger partial charge in [-0.1, -0.05) is 0 Å². The Kier molecular flexibility index (Phi) is 5.42. The van der Waals surface area contributed by atoms with Gasteiger partial charge in [0, 0.05) is 45.2 Å². The second kappa shape index (κ2) is 8.02. The Morgan fingerprint density at radius 1 is 1.27 bits per heavy atom. The summed E-state index contributed by atoms with van der Waals surface area (Å²) < 4.78 is 21.2. The second-order valence-electron chi connectivity index (χ2n) is 7.77. The molecule has 0 bridgehead atoms. The summed E-state index contributed by atoms with van der Waals surface area (Å²) in [6, 6.07) is 1.20. The van der Waals surface area contributed by atoms with Gasteiger partial charge in [-0.15, -0.1) is 0 Å². The van der Waals surface area contributed by atoms with E-state index in [1.165, 1.54) is 6.20 Å². The molecule has 9 nitrogen and oxygen atoms in total. The molecule has 0 aromatic carbocycles. The number of nitrogens with zero attached hydrogens (tertiary/aromatic N) is 4. The SMILES string of the molecule is CC(=O)CCN1CCN(c2nc3c(cc2F)c(=O)c(OC(=O)O)cn3C2CC2)CC1. The topological polar surface area (TPSA) is 105 Å². The maximum absolute atomic E-state index is 14.9. The third-order valence-electron chi connectivity index (χ3n) is 5.50. The number of hydrogen-bond acceptors (Lipinski definition) is 7. The molecule has 0 spiro atoms. The monoisotopic (exact) mass is 418 g/mol. The van der Waals surface area contributed by atoms with E-state index >= 15 is 0 Å². The van der Waals surface area contributed by atoms with E-state index in [9.17, 15) is 18.8 Å². The molecule has 0 unspecified atom stereocenters. The van der Waals surface area contributed by atoms with Crippen molar-refractivity contribution < 1.29 is 23.8 Å². The van der Waals surface area contributed by atoms with Crippen LogP contribution in [0.4, 0.5) is 15.0 Å². The largest absolute Gasteiger partial charge is 0.511 e. The number of halogens is 1. The van der Waals surface area contributed by atoms with Gasteiger partial charge in [0.05, 0.1) is 11.6 Å². The molecule has 1 aliphatic heterocycles. The van der Waals surface area contributed by atoms with Gasteiger partial charge in [0.15, 0.2) is 17.4 Å². The van der Waals surface area contributed by atoms with Crippen LogP contribution >= 0.6 is 0 Å². The lowest BCUT2D eigenvalue weighted by molar-refractivity contribution is -0.117. The summed E-state index contributed by atoms with van der Waals surface area (Å²) in [5.74, 6) is -0.667. The number of rotatable bonds is 6. The minimum Gasteiger partial charge on any atom is -0.449 e. The van der Waals surface area contributed by atoms with Gasteiger partial charge in [0.1, 0.15) is 11.4 Å². The summed E-state index contributed by atoms with van der Waals surface area (Å²) >= 11 is 0. The molecule has 0 amide bonds. The molecule has 30 heavy (non-hydrogen) atoms. The number of carbonyl (C=O) groups excluding carboxylic acids is 1. The zero-order valence-electron chi connectivity index (χ0n) is 16.6. The van der Waals surface area contributed by atoms with Crippen LogP contribution in [0.25, 0.3) is 11.0 Å². The van der Waals surface area contributed by atoms with Crippen LogP contribution in [0.15, 0.2) is 17.1 Å². The van der Waals surface area contributed by atoms with Gasteiger partial charge in [-0.25, -0.2) is 14.2 Å². The molecule has 1 saturated carbocycles. The van der Waals surface area contributed by atoms with E-state index in [0.29, 0.717) is 44.8 Å². The molecule has 10 heteroatoms. The number of Topliss-reactive ketones (excluding diaryl/α,β-unsaturated/α-hetero) is 1. The van der Waals surface area contributed by atoms with Crippen molar-refractivity contribution in [1.82, 2.24) is 14.5 Å². The maximum atomic E-state index is 14.9. The van der Waals surface area contributed by atoms with Gasteiger partial charge in [-0.05, 0) is 25.8 Å². The third-order valence-corrected chi connectivity index (χ3v) is 5.50. The van der Waals surface area contributed by atoms with Crippen molar-refractivity contribution in [3.8, 4) is 5.75 Å². The Labute approximate surface area is 171 Å². The van der Waals surface area contributed by atoms with Crippen LogP contribution in [0.3, 0.4) is 0 Å². The molecule has 2 aromatic heterocycles. The number of piperazine rings is 1. The zero-order valence-corrected chi connectivity index (χ0v) is 16.6. The highest BCUT2D eigenvalue weighted by molar-refractivity contribution is 5.80.